The van der Waals surface area contributed by atoms with Gasteiger partial charge in [-0.25, -0.2) is 13.2 Å². The van der Waals surface area contributed by atoms with Gasteiger partial charge in [-0.2, -0.15) is 4.31 Å². The van der Waals surface area contributed by atoms with E-state index in [0.29, 0.717) is 24.9 Å². The van der Waals surface area contributed by atoms with Gasteiger partial charge in [0.2, 0.25) is 10.0 Å². The van der Waals surface area contributed by atoms with Crippen LogP contribution in [0.25, 0.3) is 0 Å². The Morgan fingerprint density at radius 2 is 1.63 bits per heavy atom. The van der Waals surface area contributed by atoms with Crippen LogP contribution in [0.15, 0.2) is 29.2 Å². The summed E-state index contributed by atoms with van der Waals surface area (Å²) in [6.45, 7) is 8.47. The number of hydrogen-bond donors (Lipinski definition) is 2. The molecule has 1 heterocycles. The quantitative estimate of drug-likeness (QED) is 0.767. The SMILES string of the molecule is CC1CC(C)CN(S(=O)(=O)c2ccc(C(=O)NC(C(=O)O)C(C)C)cc2)C1. The summed E-state index contributed by atoms with van der Waals surface area (Å²) in [5, 5.41) is 11.6. The number of hydrogen-bond acceptors (Lipinski definition) is 4. The Kier molecular flexibility index (Phi) is 6.64. The maximum Gasteiger partial charge on any atom is 0.326 e. The Balaban J connectivity index is 2.16. The molecule has 2 rings (SSSR count). The van der Waals surface area contributed by atoms with Gasteiger partial charge in [-0.15, -0.1) is 0 Å². The first-order chi connectivity index (χ1) is 12.5. The van der Waals surface area contributed by atoms with Crippen molar-refractivity contribution in [3.63, 3.8) is 0 Å². The Morgan fingerprint density at radius 3 is 2.07 bits per heavy atom. The number of rotatable bonds is 6. The predicted molar refractivity (Wildman–Crippen MR) is 102 cm³/mol. The van der Waals surface area contributed by atoms with Gasteiger partial charge in [0.05, 0.1) is 4.90 Å². The van der Waals surface area contributed by atoms with Gasteiger partial charge < -0.3 is 10.4 Å². The van der Waals surface area contributed by atoms with Crippen LogP contribution in [0.3, 0.4) is 0 Å². The van der Waals surface area contributed by atoms with Gasteiger partial charge in [0.15, 0.2) is 0 Å². The highest BCUT2D eigenvalue weighted by molar-refractivity contribution is 7.89. The van der Waals surface area contributed by atoms with Gasteiger partial charge in [0.1, 0.15) is 6.04 Å². The van der Waals surface area contributed by atoms with Crippen LogP contribution in [0, 0.1) is 17.8 Å². The minimum atomic E-state index is -3.61. The van der Waals surface area contributed by atoms with E-state index in [2.05, 4.69) is 5.32 Å². The number of aliphatic carboxylic acids is 1. The third kappa shape index (κ3) is 5.07. The van der Waals surface area contributed by atoms with Crippen LogP contribution < -0.4 is 5.32 Å². The zero-order chi connectivity index (χ0) is 20.4. The van der Waals surface area contributed by atoms with E-state index in [1.54, 1.807) is 13.8 Å². The monoisotopic (exact) mass is 396 g/mol. The number of carbonyl (C=O) groups is 2. The first-order valence-corrected chi connectivity index (χ1v) is 10.6. The molecule has 1 fully saturated rings. The first kappa shape index (κ1) is 21.4. The lowest BCUT2D eigenvalue weighted by Gasteiger charge is -2.34. The van der Waals surface area contributed by atoms with E-state index in [-0.39, 0.29) is 16.4 Å². The summed E-state index contributed by atoms with van der Waals surface area (Å²) in [4.78, 5) is 23.6. The molecule has 150 valence electrons. The fourth-order valence-corrected chi connectivity index (χ4v) is 5.15. The molecule has 0 bridgehead atoms. The third-order valence-electron chi connectivity index (χ3n) is 4.81. The number of benzene rings is 1. The van der Waals surface area contributed by atoms with Crippen molar-refractivity contribution in [1.82, 2.24) is 9.62 Å². The third-order valence-corrected chi connectivity index (χ3v) is 6.65. The predicted octanol–water partition coefficient (Wildman–Crippen LogP) is 2.19. The molecule has 1 aliphatic rings. The molecule has 0 radical (unpaired) electrons. The van der Waals surface area contributed by atoms with Gasteiger partial charge in [0.25, 0.3) is 5.91 Å². The number of carboxylic acids is 1. The topological polar surface area (TPSA) is 104 Å². The van der Waals surface area contributed by atoms with Crippen molar-refractivity contribution in [2.24, 2.45) is 17.8 Å². The minimum Gasteiger partial charge on any atom is -0.480 e. The molecule has 1 saturated heterocycles. The summed E-state index contributed by atoms with van der Waals surface area (Å²) in [5.41, 5.74) is 0.223. The van der Waals surface area contributed by atoms with E-state index >= 15 is 0 Å². The molecule has 27 heavy (non-hydrogen) atoms. The van der Waals surface area contributed by atoms with Crippen LogP contribution in [0.2, 0.25) is 0 Å². The van der Waals surface area contributed by atoms with Crippen molar-refractivity contribution in [3.8, 4) is 0 Å². The lowest BCUT2D eigenvalue weighted by molar-refractivity contribution is -0.140. The molecule has 0 aromatic heterocycles. The van der Waals surface area contributed by atoms with Gasteiger partial charge in [0, 0.05) is 18.7 Å². The summed E-state index contributed by atoms with van der Waals surface area (Å²) in [6, 6.07) is 4.63. The van der Waals surface area contributed by atoms with Crippen molar-refractivity contribution in [1.29, 1.82) is 0 Å². The summed E-state index contributed by atoms with van der Waals surface area (Å²) in [7, 11) is -3.61. The number of sulfonamides is 1. The van der Waals surface area contributed by atoms with Crippen LogP contribution in [0.5, 0.6) is 0 Å². The van der Waals surface area contributed by atoms with E-state index in [1.165, 1.54) is 28.6 Å². The van der Waals surface area contributed by atoms with Crippen LogP contribution in [0.4, 0.5) is 0 Å². The largest absolute Gasteiger partial charge is 0.480 e. The van der Waals surface area contributed by atoms with Crippen LogP contribution in [-0.2, 0) is 14.8 Å². The molecule has 1 aliphatic heterocycles. The molecule has 0 spiro atoms. The number of amides is 1. The number of piperidine rings is 1. The van der Waals surface area contributed by atoms with Crippen molar-refractivity contribution < 1.29 is 23.1 Å². The molecule has 2 N–H and O–H groups in total. The zero-order valence-electron chi connectivity index (χ0n) is 16.2. The second-order valence-corrected chi connectivity index (χ2v) is 9.76. The molecule has 1 aromatic carbocycles. The summed E-state index contributed by atoms with van der Waals surface area (Å²) < 4.78 is 27.2. The molecule has 3 unspecified atom stereocenters. The Morgan fingerprint density at radius 1 is 1.11 bits per heavy atom. The Labute approximate surface area is 160 Å². The Hall–Kier alpha value is -1.93. The van der Waals surface area contributed by atoms with E-state index in [1.807, 2.05) is 13.8 Å². The van der Waals surface area contributed by atoms with Crippen molar-refractivity contribution in [3.05, 3.63) is 29.8 Å². The van der Waals surface area contributed by atoms with E-state index in [0.717, 1.165) is 6.42 Å². The van der Waals surface area contributed by atoms with Crippen molar-refractivity contribution in [2.45, 2.75) is 45.1 Å². The highest BCUT2D eigenvalue weighted by atomic mass is 32.2. The maximum atomic E-state index is 12.9. The highest BCUT2D eigenvalue weighted by Crippen LogP contribution is 2.26. The van der Waals surface area contributed by atoms with Crippen LogP contribution in [-0.4, -0.2) is 48.8 Å². The fraction of sp³-hybridized carbons (Fsp3) is 0.579. The normalized spacial score (nSPS) is 22.4. The number of carboxylic acid groups (broad SMARTS) is 1. The summed E-state index contributed by atoms with van der Waals surface area (Å²) in [5.74, 6) is -1.31. The number of nitrogens with zero attached hydrogens (tertiary/aromatic N) is 1. The molecule has 1 aromatic rings. The second-order valence-electron chi connectivity index (χ2n) is 7.83. The smallest absolute Gasteiger partial charge is 0.326 e. The van der Waals surface area contributed by atoms with Gasteiger partial charge >= 0.3 is 5.97 Å². The van der Waals surface area contributed by atoms with Crippen LogP contribution >= 0.6 is 0 Å². The lowest BCUT2D eigenvalue weighted by Crippen LogP contribution is -2.44. The van der Waals surface area contributed by atoms with Gasteiger partial charge in [-0.3, -0.25) is 4.79 Å². The molecular formula is C19H28N2O5S. The molecule has 3 atom stereocenters. The maximum absolute atomic E-state index is 12.9. The fourth-order valence-electron chi connectivity index (χ4n) is 3.47. The van der Waals surface area contributed by atoms with E-state index in [9.17, 15) is 23.1 Å². The second kappa shape index (κ2) is 8.39. The summed E-state index contributed by atoms with van der Waals surface area (Å²) >= 11 is 0. The van der Waals surface area contributed by atoms with Gasteiger partial charge in [-0.05, 0) is 48.4 Å². The van der Waals surface area contributed by atoms with Crippen molar-refractivity contribution >= 4 is 21.9 Å². The molecule has 7 nitrogen and oxygen atoms in total. The minimum absolute atomic E-state index is 0.138. The number of nitrogens with one attached hydrogen (secondary N) is 1. The van der Waals surface area contributed by atoms with Crippen molar-refractivity contribution in [2.75, 3.05) is 13.1 Å². The first-order valence-electron chi connectivity index (χ1n) is 9.16. The summed E-state index contributed by atoms with van der Waals surface area (Å²) in [6.07, 6.45) is 1.01. The average Bonchev–Trinajstić information content (AvgIpc) is 2.58. The molecule has 0 aliphatic carbocycles. The lowest BCUT2D eigenvalue weighted by atomic mass is 9.94. The Bertz CT molecular complexity index is 779. The van der Waals surface area contributed by atoms with Gasteiger partial charge in [-0.1, -0.05) is 27.7 Å². The standard InChI is InChI=1S/C19H28N2O5S/c1-12(2)17(19(23)24)20-18(22)15-5-7-16(8-6-15)27(25,26)21-10-13(3)9-14(4)11-21/h5-8,12-14,17H,9-11H2,1-4H3,(H,20,22)(H,23,24). The molecule has 0 saturated carbocycles. The molecular weight excluding hydrogens is 368 g/mol. The van der Waals surface area contributed by atoms with Crippen LogP contribution in [0.1, 0.15) is 44.5 Å². The van der Waals surface area contributed by atoms with E-state index < -0.39 is 27.9 Å². The molecule has 8 heteroatoms. The van der Waals surface area contributed by atoms with E-state index in [4.69, 9.17) is 0 Å². The average molecular weight is 397 g/mol. The number of carbonyl (C=O) groups excluding carboxylic acids is 1. The highest BCUT2D eigenvalue weighted by Gasteiger charge is 2.32. The molecule has 1 amide bonds. The zero-order valence-corrected chi connectivity index (χ0v) is 17.0.